The summed E-state index contributed by atoms with van der Waals surface area (Å²) in [5, 5.41) is 17.1. The lowest BCUT2D eigenvalue weighted by atomic mass is 9.93. The first-order valence-electron chi connectivity index (χ1n) is 8.56. The van der Waals surface area contributed by atoms with Crippen molar-refractivity contribution in [1.82, 2.24) is 15.1 Å². The number of hydrogen-bond donors (Lipinski definition) is 2. The lowest BCUT2D eigenvalue weighted by Gasteiger charge is -2.25. The number of amides is 1. The van der Waals surface area contributed by atoms with Crippen LogP contribution in [0.4, 0.5) is 0 Å². The first kappa shape index (κ1) is 16.7. The number of nitrogens with one attached hydrogen (secondary N) is 1. The molecule has 1 amide bonds. The van der Waals surface area contributed by atoms with E-state index in [1.165, 1.54) is 11.1 Å². The van der Waals surface area contributed by atoms with Crippen LogP contribution < -0.4 is 5.32 Å². The van der Waals surface area contributed by atoms with E-state index in [9.17, 15) is 9.90 Å². The minimum absolute atomic E-state index is 0.132. The molecule has 5 nitrogen and oxygen atoms in total. The van der Waals surface area contributed by atoms with E-state index in [1.807, 2.05) is 17.7 Å². The SMILES string of the molecule is Cc1cc(C)cc(-n2nc(C(=O)NC3CCC(O)CC3)cc2C)c1. The van der Waals surface area contributed by atoms with Crippen LogP contribution in [-0.4, -0.2) is 32.9 Å². The Hall–Kier alpha value is -2.14. The van der Waals surface area contributed by atoms with E-state index in [-0.39, 0.29) is 18.1 Å². The number of aliphatic hydroxyl groups excluding tert-OH is 1. The van der Waals surface area contributed by atoms with Crippen molar-refractivity contribution < 1.29 is 9.90 Å². The zero-order chi connectivity index (χ0) is 17.3. The molecule has 1 aromatic heterocycles. The van der Waals surface area contributed by atoms with Crippen molar-refractivity contribution in [2.24, 2.45) is 0 Å². The number of aromatic nitrogens is 2. The second kappa shape index (κ2) is 6.77. The van der Waals surface area contributed by atoms with E-state index in [0.717, 1.165) is 37.1 Å². The summed E-state index contributed by atoms with van der Waals surface area (Å²) in [6.45, 7) is 6.07. The molecule has 24 heavy (non-hydrogen) atoms. The van der Waals surface area contributed by atoms with Gasteiger partial charge >= 0.3 is 0 Å². The number of benzene rings is 1. The summed E-state index contributed by atoms with van der Waals surface area (Å²) in [6.07, 6.45) is 2.93. The molecule has 0 spiro atoms. The monoisotopic (exact) mass is 327 g/mol. The Labute approximate surface area is 142 Å². The number of nitrogens with zero attached hydrogens (tertiary/aromatic N) is 2. The number of carbonyl (C=O) groups is 1. The van der Waals surface area contributed by atoms with Gasteiger partial charge in [-0.05, 0) is 75.8 Å². The molecule has 1 fully saturated rings. The molecular formula is C19H25N3O2. The molecule has 1 aliphatic rings. The maximum absolute atomic E-state index is 12.5. The zero-order valence-electron chi connectivity index (χ0n) is 14.5. The van der Waals surface area contributed by atoms with Gasteiger partial charge in [-0.2, -0.15) is 5.10 Å². The van der Waals surface area contributed by atoms with E-state index >= 15 is 0 Å². The van der Waals surface area contributed by atoms with Gasteiger partial charge in [-0.3, -0.25) is 4.79 Å². The standard InChI is InChI=1S/C19H25N3O2/c1-12-8-13(2)10-16(9-12)22-14(3)11-18(21-22)19(24)20-15-4-6-17(23)7-5-15/h8-11,15,17,23H,4-7H2,1-3H3,(H,20,24). The van der Waals surface area contributed by atoms with Gasteiger partial charge in [0, 0.05) is 11.7 Å². The Kier molecular flexibility index (Phi) is 4.71. The molecule has 2 N–H and O–H groups in total. The normalized spacial score (nSPS) is 20.8. The van der Waals surface area contributed by atoms with E-state index < -0.39 is 0 Å². The largest absolute Gasteiger partial charge is 0.393 e. The third-order valence-electron chi connectivity index (χ3n) is 4.60. The molecule has 0 aliphatic heterocycles. The van der Waals surface area contributed by atoms with Crippen molar-refractivity contribution in [3.05, 3.63) is 46.8 Å². The molecule has 3 rings (SSSR count). The Bertz CT molecular complexity index is 723. The van der Waals surface area contributed by atoms with Gasteiger partial charge in [0.1, 0.15) is 0 Å². The fourth-order valence-electron chi connectivity index (χ4n) is 3.40. The average Bonchev–Trinajstić information content (AvgIpc) is 2.91. The second-order valence-electron chi connectivity index (χ2n) is 6.91. The van der Waals surface area contributed by atoms with Gasteiger partial charge in [0.25, 0.3) is 5.91 Å². The van der Waals surface area contributed by atoms with Gasteiger partial charge in [0.2, 0.25) is 0 Å². The average molecular weight is 327 g/mol. The van der Waals surface area contributed by atoms with Crippen molar-refractivity contribution in [3.63, 3.8) is 0 Å². The van der Waals surface area contributed by atoms with E-state index in [0.29, 0.717) is 5.69 Å². The number of aliphatic hydroxyl groups is 1. The van der Waals surface area contributed by atoms with Gasteiger partial charge in [-0.1, -0.05) is 6.07 Å². The topological polar surface area (TPSA) is 67.2 Å². The van der Waals surface area contributed by atoms with Crippen LogP contribution in [0.2, 0.25) is 0 Å². The molecule has 5 heteroatoms. The van der Waals surface area contributed by atoms with Gasteiger partial charge in [0.15, 0.2) is 5.69 Å². The Morgan fingerprint density at radius 3 is 2.33 bits per heavy atom. The molecule has 1 heterocycles. The van der Waals surface area contributed by atoms with Crippen molar-refractivity contribution in [1.29, 1.82) is 0 Å². The Morgan fingerprint density at radius 1 is 1.08 bits per heavy atom. The van der Waals surface area contributed by atoms with Crippen molar-refractivity contribution >= 4 is 5.91 Å². The minimum atomic E-state index is -0.218. The third-order valence-corrected chi connectivity index (χ3v) is 4.60. The predicted octanol–water partition coefficient (Wildman–Crippen LogP) is 2.83. The maximum Gasteiger partial charge on any atom is 0.272 e. The van der Waals surface area contributed by atoms with Crippen molar-refractivity contribution in [2.75, 3.05) is 0 Å². The minimum Gasteiger partial charge on any atom is -0.393 e. The number of rotatable bonds is 3. The highest BCUT2D eigenvalue weighted by molar-refractivity contribution is 5.92. The molecular weight excluding hydrogens is 302 g/mol. The van der Waals surface area contributed by atoms with E-state index in [4.69, 9.17) is 0 Å². The number of aryl methyl sites for hydroxylation is 3. The molecule has 0 unspecified atom stereocenters. The number of hydrogen-bond acceptors (Lipinski definition) is 3. The molecule has 1 aliphatic carbocycles. The fourth-order valence-corrected chi connectivity index (χ4v) is 3.40. The molecule has 0 saturated heterocycles. The summed E-state index contributed by atoms with van der Waals surface area (Å²) in [5.41, 5.74) is 4.70. The summed E-state index contributed by atoms with van der Waals surface area (Å²) in [7, 11) is 0. The van der Waals surface area contributed by atoms with Crippen LogP contribution in [0.25, 0.3) is 5.69 Å². The summed E-state index contributed by atoms with van der Waals surface area (Å²) < 4.78 is 1.82. The first-order valence-corrected chi connectivity index (χ1v) is 8.56. The van der Waals surface area contributed by atoms with Crippen LogP contribution in [0.3, 0.4) is 0 Å². The van der Waals surface area contributed by atoms with Crippen LogP contribution in [-0.2, 0) is 0 Å². The summed E-state index contributed by atoms with van der Waals surface area (Å²) in [6, 6.07) is 8.21. The number of carbonyl (C=O) groups excluding carboxylic acids is 1. The van der Waals surface area contributed by atoms with Gasteiger partial charge in [-0.15, -0.1) is 0 Å². The van der Waals surface area contributed by atoms with Crippen LogP contribution in [0.15, 0.2) is 24.3 Å². The van der Waals surface area contributed by atoms with E-state index in [1.54, 1.807) is 0 Å². The molecule has 0 bridgehead atoms. The highest BCUT2D eigenvalue weighted by Crippen LogP contribution is 2.19. The first-order chi connectivity index (χ1) is 11.4. The molecule has 128 valence electrons. The summed E-state index contributed by atoms with van der Waals surface area (Å²) >= 11 is 0. The third kappa shape index (κ3) is 3.67. The van der Waals surface area contributed by atoms with Crippen LogP contribution in [0.1, 0.15) is 53.0 Å². The lowest BCUT2D eigenvalue weighted by molar-refractivity contribution is 0.0863. The van der Waals surface area contributed by atoms with Crippen molar-refractivity contribution in [3.8, 4) is 5.69 Å². The highest BCUT2D eigenvalue weighted by Gasteiger charge is 2.22. The quantitative estimate of drug-likeness (QED) is 0.911. The smallest absolute Gasteiger partial charge is 0.272 e. The molecule has 2 aromatic rings. The maximum atomic E-state index is 12.5. The van der Waals surface area contributed by atoms with Gasteiger partial charge < -0.3 is 10.4 Å². The summed E-state index contributed by atoms with van der Waals surface area (Å²) in [4.78, 5) is 12.5. The lowest BCUT2D eigenvalue weighted by Crippen LogP contribution is -2.38. The van der Waals surface area contributed by atoms with Crippen LogP contribution in [0.5, 0.6) is 0 Å². The molecule has 0 radical (unpaired) electrons. The van der Waals surface area contributed by atoms with Crippen LogP contribution in [0, 0.1) is 20.8 Å². The van der Waals surface area contributed by atoms with Gasteiger partial charge in [-0.25, -0.2) is 4.68 Å². The van der Waals surface area contributed by atoms with E-state index in [2.05, 4.69) is 42.5 Å². The molecule has 1 saturated carbocycles. The van der Waals surface area contributed by atoms with Gasteiger partial charge in [0.05, 0.1) is 11.8 Å². The van der Waals surface area contributed by atoms with Crippen LogP contribution >= 0.6 is 0 Å². The second-order valence-corrected chi connectivity index (χ2v) is 6.91. The zero-order valence-corrected chi connectivity index (χ0v) is 14.5. The Morgan fingerprint density at radius 2 is 1.71 bits per heavy atom. The fraction of sp³-hybridized carbons (Fsp3) is 0.474. The van der Waals surface area contributed by atoms with Crippen molar-refractivity contribution in [2.45, 2.75) is 58.6 Å². The Balaban J connectivity index is 1.77. The summed E-state index contributed by atoms with van der Waals surface area (Å²) in [5.74, 6) is -0.136. The predicted molar refractivity (Wildman–Crippen MR) is 93.5 cm³/mol. The molecule has 0 atom stereocenters. The molecule has 1 aromatic carbocycles. The highest BCUT2D eigenvalue weighted by atomic mass is 16.3.